The maximum atomic E-state index is 12.7. The third-order valence-corrected chi connectivity index (χ3v) is 5.40. The highest BCUT2D eigenvalue weighted by molar-refractivity contribution is 7.99. The van der Waals surface area contributed by atoms with Crippen molar-refractivity contribution in [1.29, 1.82) is 0 Å². The van der Waals surface area contributed by atoms with Gasteiger partial charge in [-0.05, 0) is 43.3 Å². The van der Waals surface area contributed by atoms with Gasteiger partial charge >= 0.3 is 5.97 Å². The van der Waals surface area contributed by atoms with E-state index in [2.05, 4.69) is 10.3 Å². The number of ether oxygens (including phenoxy) is 1. The maximum Gasteiger partial charge on any atom is 0.326 e. The number of halogens is 2. The van der Waals surface area contributed by atoms with Crippen LogP contribution in [-0.2, 0) is 20.9 Å². The van der Waals surface area contributed by atoms with Crippen molar-refractivity contribution < 1.29 is 27.5 Å². The van der Waals surface area contributed by atoms with Gasteiger partial charge < -0.3 is 14.5 Å². The van der Waals surface area contributed by atoms with Crippen LogP contribution in [0.1, 0.15) is 6.92 Å². The summed E-state index contributed by atoms with van der Waals surface area (Å²) in [5, 5.41) is 3.22. The molecule has 0 radical (unpaired) electrons. The molecule has 0 aliphatic carbocycles. The molecule has 1 N–H and O–H groups in total. The van der Waals surface area contributed by atoms with Gasteiger partial charge in [0.1, 0.15) is 17.6 Å². The second kappa shape index (κ2) is 9.41. The number of para-hydroxylation sites is 1. The minimum absolute atomic E-state index is 0.0192. The molecule has 1 unspecified atom stereocenters. The fourth-order valence-electron chi connectivity index (χ4n) is 3.12. The Labute approximate surface area is 189 Å². The van der Waals surface area contributed by atoms with Gasteiger partial charge in [-0.1, -0.05) is 23.9 Å². The number of carbonyl (C=O) groups is 2. The number of carbonyl (C=O) groups excluding carboxylic acids is 2. The summed E-state index contributed by atoms with van der Waals surface area (Å²) in [6.07, 6.45) is 0.0589. The number of nitrogens with one attached hydrogen (secondary N) is 1. The van der Waals surface area contributed by atoms with Crippen molar-refractivity contribution in [2.75, 3.05) is 5.32 Å². The molecule has 0 aliphatic rings. The van der Waals surface area contributed by atoms with Gasteiger partial charge in [-0.15, -0.1) is 0 Å². The number of anilines is 1. The molecule has 0 spiro atoms. The summed E-state index contributed by atoms with van der Waals surface area (Å²) < 4.78 is 36.5. The molecule has 0 saturated carbocycles. The quantitative estimate of drug-likeness (QED) is 0.319. The molecule has 11 heteroatoms. The summed E-state index contributed by atoms with van der Waals surface area (Å²) >= 11 is 0.389. The number of rotatable bonds is 7. The number of aromatic nitrogens is 2. The summed E-state index contributed by atoms with van der Waals surface area (Å²) in [5.41, 5.74) is 0.726. The number of thioether (sulfide) groups is 1. The number of amides is 1. The number of benzene rings is 2. The molecule has 0 bridgehead atoms. The minimum atomic E-state index is -2.54. The molecule has 4 aromatic rings. The fourth-order valence-corrected chi connectivity index (χ4v) is 3.62. The summed E-state index contributed by atoms with van der Waals surface area (Å²) in [7, 11) is 0. The van der Waals surface area contributed by atoms with Crippen LogP contribution in [0.2, 0.25) is 0 Å². The van der Waals surface area contributed by atoms with Crippen molar-refractivity contribution >= 4 is 51.4 Å². The zero-order valence-corrected chi connectivity index (χ0v) is 18.0. The van der Waals surface area contributed by atoms with E-state index in [9.17, 15) is 23.2 Å². The first kappa shape index (κ1) is 22.5. The molecule has 170 valence electrons. The molecule has 2 heterocycles. The lowest BCUT2D eigenvalue weighted by atomic mass is 10.2. The second-order valence-corrected chi connectivity index (χ2v) is 8.04. The van der Waals surface area contributed by atoms with Crippen LogP contribution in [-0.4, -0.2) is 33.3 Å². The molecule has 2 aromatic carbocycles. The van der Waals surface area contributed by atoms with Crippen molar-refractivity contribution in [1.82, 2.24) is 9.55 Å². The molecule has 1 amide bonds. The van der Waals surface area contributed by atoms with Crippen LogP contribution >= 0.6 is 11.8 Å². The van der Waals surface area contributed by atoms with E-state index in [1.165, 1.54) is 37.5 Å². The van der Waals surface area contributed by atoms with Crippen molar-refractivity contribution in [2.24, 2.45) is 0 Å². The van der Waals surface area contributed by atoms with Crippen LogP contribution < -0.4 is 10.9 Å². The Morgan fingerprint density at radius 2 is 1.91 bits per heavy atom. The number of alkyl halides is 2. The van der Waals surface area contributed by atoms with Crippen molar-refractivity contribution in [3.05, 3.63) is 65.2 Å². The first-order valence-electron chi connectivity index (χ1n) is 9.73. The molecule has 1 atom stereocenters. The Kier molecular flexibility index (Phi) is 6.40. The highest BCUT2D eigenvalue weighted by Crippen LogP contribution is 2.26. The van der Waals surface area contributed by atoms with Crippen molar-refractivity contribution in [2.45, 2.75) is 30.2 Å². The first-order valence-corrected chi connectivity index (χ1v) is 10.6. The summed E-state index contributed by atoms with van der Waals surface area (Å²) in [6, 6.07) is 12.9. The highest BCUT2D eigenvalue weighted by Gasteiger charge is 2.20. The topological polar surface area (TPSA) is 103 Å². The van der Waals surface area contributed by atoms with E-state index >= 15 is 0 Å². The SMILES string of the molecule is CC(OC(=O)Cn1cnc2c(oc3ccccc32)c1=O)C(=O)Nc1ccc(SC(F)F)cc1. The Morgan fingerprint density at radius 3 is 2.64 bits per heavy atom. The summed E-state index contributed by atoms with van der Waals surface area (Å²) in [5.74, 6) is -3.98. The van der Waals surface area contributed by atoms with Gasteiger partial charge in [-0.25, -0.2) is 4.98 Å². The van der Waals surface area contributed by atoms with Crippen LogP contribution in [0.5, 0.6) is 0 Å². The Balaban J connectivity index is 1.39. The lowest BCUT2D eigenvalue weighted by Crippen LogP contribution is -2.33. The van der Waals surface area contributed by atoms with Crippen LogP contribution in [0.15, 0.2) is 69.0 Å². The predicted octanol–water partition coefficient (Wildman–Crippen LogP) is 4.03. The number of hydrogen-bond donors (Lipinski definition) is 1. The largest absolute Gasteiger partial charge is 0.451 e. The lowest BCUT2D eigenvalue weighted by molar-refractivity contribution is -0.153. The minimum Gasteiger partial charge on any atom is -0.451 e. The molecular formula is C22H17F2N3O5S. The van der Waals surface area contributed by atoms with Gasteiger partial charge in [-0.2, -0.15) is 8.78 Å². The zero-order valence-electron chi connectivity index (χ0n) is 17.2. The molecule has 4 rings (SSSR count). The van der Waals surface area contributed by atoms with Gasteiger partial charge in [0.05, 0.1) is 6.33 Å². The molecule has 0 saturated heterocycles. The Hall–Kier alpha value is -3.73. The number of nitrogens with zero attached hydrogens (tertiary/aromatic N) is 2. The number of esters is 1. The van der Waals surface area contributed by atoms with E-state index in [1.54, 1.807) is 24.3 Å². The fraction of sp³-hybridized carbons (Fsp3) is 0.182. The average molecular weight is 473 g/mol. The van der Waals surface area contributed by atoms with E-state index in [1.807, 2.05) is 0 Å². The molecule has 33 heavy (non-hydrogen) atoms. The lowest BCUT2D eigenvalue weighted by Gasteiger charge is -2.14. The van der Waals surface area contributed by atoms with E-state index in [0.29, 0.717) is 38.8 Å². The molecular weight excluding hydrogens is 456 g/mol. The van der Waals surface area contributed by atoms with Gasteiger partial charge in [0.25, 0.3) is 17.2 Å². The second-order valence-electron chi connectivity index (χ2n) is 6.98. The Morgan fingerprint density at radius 1 is 1.18 bits per heavy atom. The average Bonchev–Trinajstić information content (AvgIpc) is 3.16. The van der Waals surface area contributed by atoms with Crippen molar-refractivity contribution in [3.8, 4) is 0 Å². The third kappa shape index (κ3) is 5.03. The smallest absolute Gasteiger partial charge is 0.326 e. The van der Waals surface area contributed by atoms with E-state index in [4.69, 9.17) is 9.15 Å². The third-order valence-electron chi connectivity index (χ3n) is 4.67. The molecule has 0 fully saturated rings. The van der Waals surface area contributed by atoms with E-state index < -0.39 is 35.8 Å². The number of fused-ring (bicyclic) bond motifs is 3. The zero-order chi connectivity index (χ0) is 23.5. The molecule has 0 aliphatic heterocycles. The van der Waals surface area contributed by atoms with Gasteiger partial charge in [0.15, 0.2) is 6.10 Å². The number of furan rings is 1. The summed E-state index contributed by atoms with van der Waals surface area (Å²) in [4.78, 5) is 41.8. The standard InChI is InChI=1S/C22H17F2N3O5S/c1-12(20(29)26-13-6-8-14(9-7-13)33-22(23)24)31-17(28)10-27-11-25-18-15-4-2-3-5-16(15)32-19(18)21(27)30/h2-9,11-12,22H,10H2,1H3,(H,26,29). The summed E-state index contributed by atoms with van der Waals surface area (Å²) in [6.45, 7) is 0.910. The van der Waals surface area contributed by atoms with Crippen LogP contribution in [0.3, 0.4) is 0 Å². The Bertz CT molecular complexity index is 1380. The normalized spacial score (nSPS) is 12.2. The van der Waals surface area contributed by atoms with Gasteiger partial charge in [0, 0.05) is 16.0 Å². The highest BCUT2D eigenvalue weighted by atomic mass is 32.2. The van der Waals surface area contributed by atoms with Crippen LogP contribution in [0.25, 0.3) is 22.1 Å². The van der Waals surface area contributed by atoms with Crippen LogP contribution in [0.4, 0.5) is 14.5 Å². The molecule has 8 nitrogen and oxygen atoms in total. The predicted molar refractivity (Wildman–Crippen MR) is 118 cm³/mol. The van der Waals surface area contributed by atoms with E-state index in [-0.39, 0.29) is 5.58 Å². The van der Waals surface area contributed by atoms with Gasteiger partial charge in [-0.3, -0.25) is 19.0 Å². The van der Waals surface area contributed by atoms with Crippen molar-refractivity contribution in [3.63, 3.8) is 0 Å². The van der Waals surface area contributed by atoms with E-state index in [0.717, 1.165) is 4.57 Å². The van der Waals surface area contributed by atoms with Gasteiger partial charge in [0.2, 0.25) is 5.58 Å². The maximum absolute atomic E-state index is 12.7. The number of hydrogen-bond acceptors (Lipinski definition) is 7. The molecule has 2 aromatic heterocycles. The monoisotopic (exact) mass is 473 g/mol. The first-order chi connectivity index (χ1) is 15.8. The van der Waals surface area contributed by atoms with Crippen LogP contribution in [0, 0.1) is 0 Å².